The van der Waals surface area contributed by atoms with E-state index in [1.54, 1.807) is 31.4 Å². The first-order valence-corrected chi connectivity index (χ1v) is 5.50. The largest absolute Gasteiger partial charge is 0.497 e. The first-order valence-electron chi connectivity index (χ1n) is 5.50. The van der Waals surface area contributed by atoms with Crippen LogP contribution in [0.4, 0.5) is 15.3 Å². The van der Waals surface area contributed by atoms with E-state index in [0.29, 0.717) is 11.4 Å². The molecule has 2 saturated heterocycles. The molecule has 2 aliphatic heterocycles. The Bertz CT molecular complexity index is 502. The number of carbonyl (C=O) groups is 2. The highest BCUT2D eigenvalue weighted by atomic mass is 16.5. The Morgan fingerprint density at radius 2 is 1.83 bits per heavy atom. The average Bonchev–Trinajstić information content (AvgIpc) is 2.84. The van der Waals surface area contributed by atoms with Crippen LogP contribution in [0.1, 0.15) is 0 Å². The van der Waals surface area contributed by atoms with Gasteiger partial charge in [-0.1, -0.05) is 0 Å². The van der Waals surface area contributed by atoms with Gasteiger partial charge in [0.1, 0.15) is 11.9 Å². The van der Waals surface area contributed by atoms with E-state index in [2.05, 4.69) is 16.0 Å². The number of carbonyl (C=O) groups excluding carboxylic acids is 2. The van der Waals surface area contributed by atoms with E-state index in [-0.39, 0.29) is 12.1 Å². The molecule has 1 aromatic rings. The molecular weight excluding hydrogens is 236 g/mol. The van der Waals surface area contributed by atoms with Crippen molar-refractivity contribution in [2.75, 3.05) is 12.0 Å². The van der Waals surface area contributed by atoms with Crippen molar-refractivity contribution in [2.24, 2.45) is 0 Å². The monoisotopic (exact) mass is 248 g/mol. The standard InChI is InChI=1S/C11H12N4O3/c1-18-7-4-2-6(3-5-7)15-9-8(13-11(15)17)12-10(16)14-9/h2-5,8-9H,1H3,(H,13,17)(H2,12,14,16)/t8-,9+/m1/s1. The Morgan fingerprint density at radius 1 is 1.11 bits per heavy atom. The van der Waals surface area contributed by atoms with Gasteiger partial charge >= 0.3 is 12.1 Å². The van der Waals surface area contributed by atoms with Gasteiger partial charge in [0.25, 0.3) is 0 Å². The van der Waals surface area contributed by atoms with Crippen LogP contribution in [0.2, 0.25) is 0 Å². The number of hydrogen-bond acceptors (Lipinski definition) is 3. The van der Waals surface area contributed by atoms with E-state index in [0.717, 1.165) is 0 Å². The summed E-state index contributed by atoms with van der Waals surface area (Å²) in [5.74, 6) is 0.712. The van der Waals surface area contributed by atoms with Gasteiger partial charge in [-0.2, -0.15) is 0 Å². The number of nitrogens with one attached hydrogen (secondary N) is 3. The van der Waals surface area contributed by atoms with Gasteiger partial charge in [-0.25, -0.2) is 9.59 Å². The number of ether oxygens (including phenoxy) is 1. The lowest BCUT2D eigenvalue weighted by molar-refractivity contribution is 0.242. The van der Waals surface area contributed by atoms with E-state index in [1.165, 1.54) is 4.90 Å². The molecule has 94 valence electrons. The van der Waals surface area contributed by atoms with Gasteiger partial charge in [0.05, 0.1) is 7.11 Å². The molecule has 3 rings (SSSR count). The summed E-state index contributed by atoms with van der Waals surface area (Å²) in [6, 6.07) is 6.53. The normalized spacial score (nSPS) is 25.3. The molecule has 0 bridgehead atoms. The smallest absolute Gasteiger partial charge is 0.325 e. The Balaban J connectivity index is 1.90. The van der Waals surface area contributed by atoms with Crippen LogP contribution in [-0.4, -0.2) is 31.5 Å². The molecule has 0 radical (unpaired) electrons. The molecule has 3 N–H and O–H groups in total. The van der Waals surface area contributed by atoms with Crippen molar-refractivity contribution in [3.8, 4) is 5.75 Å². The molecule has 2 fully saturated rings. The maximum Gasteiger partial charge on any atom is 0.325 e. The third-order valence-electron chi connectivity index (χ3n) is 3.01. The van der Waals surface area contributed by atoms with Crippen LogP contribution in [0.25, 0.3) is 0 Å². The summed E-state index contributed by atoms with van der Waals surface area (Å²) in [4.78, 5) is 24.6. The molecule has 0 aromatic heterocycles. The molecule has 7 nitrogen and oxygen atoms in total. The molecule has 0 unspecified atom stereocenters. The maximum atomic E-state index is 11.8. The third-order valence-corrected chi connectivity index (χ3v) is 3.01. The summed E-state index contributed by atoms with van der Waals surface area (Å²) in [6.07, 6.45) is -0.800. The van der Waals surface area contributed by atoms with Crippen molar-refractivity contribution in [1.82, 2.24) is 16.0 Å². The fourth-order valence-electron chi connectivity index (χ4n) is 2.16. The number of anilines is 1. The van der Waals surface area contributed by atoms with E-state index in [1.807, 2.05) is 0 Å². The fourth-order valence-corrected chi connectivity index (χ4v) is 2.16. The van der Waals surface area contributed by atoms with Crippen molar-refractivity contribution in [2.45, 2.75) is 12.3 Å². The zero-order chi connectivity index (χ0) is 12.7. The summed E-state index contributed by atoms with van der Waals surface area (Å²) >= 11 is 0. The van der Waals surface area contributed by atoms with Gasteiger partial charge in [-0.15, -0.1) is 0 Å². The highest BCUT2D eigenvalue weighted by molar-refractivity contribution is 5.98. The first-order chi connectivity index (χ1) is 8.69. The van der Waals surface area contributed by atoms with E-state index in [9.17, 15) is 9.59 Å². The molecule has 0 spiro atoms. The number of fused-ring (bicyclic) bond motifs is 1. The Kier molecular flexibility index (Phi) is 2.26. The number of rotatable bonds is 2. The van der Waals surface area contributed by atoms with Crippen molar-refractivity contribution < 1.29 is 14.3 Å². The van der Waals surface area contributed by atoms with E-state index >= 15 is 0 Å². The quantitative estimate of drug-likeness (QED) is 0.698. The summed E-state index contributed by atoms with van der Waals surface area (Å²) in [7, 11) is 1.58. The summed E-state index contributed by atoms with van der Waals surface area (Å²) < 4.78 is 5.06. The van der Waals surface area contributed by atoms with Crippen molar-refractivity contribution in [1.29, 1.82) is 0 Å². The van der Waals surface area contributed by atoms with Gasteiger partial charge in [-0.05, 0) is 24.3 Å². The van der Waals surface area contributed by atoms with Crippen LogP contribution in [0.5, 0.6) is 5.75 Å². The minimum atomic E-state index is -0.404. The van der Waals surface area contributed by atoms with Crippen LogP contribution >= 0.6 is 0 Å². The number of hydrogen-bond donors (Lipinski definition) is 3. The second-order valence-corrected chi connectivity index (χ2v) is 4.06. The number of nitrogens with zero attached hydrogens (tertiary/aromatic N) is 1. The summed E-state index contributed by atoms with van der Waals surface area (Å²) in [6.45, 7) is 0. The topological polar surface area (TPSA) is 82.7 Å². The zero-order valence-corrected chi connectivity index (χ0v) is 9.64. The average molecular weight is 248 g/mol. The first kappa shape index (κ1) is 10.7. The predicted octanol–water partition coefficient (Wildman–Crippen LogP) is 0.190. The predicted molar refractivity (Wildman–Crippen MR) is 63.2 cm³/mol. The van der Waals surface area contributed by atoms with Gasteiger partial charge in [0, 0.05) is 5.69 Å². The van der Waals surface area contributed by atoms with Gasteiger partial charge < -0.3 is 20.7 Å². The second kappa shape index (κ2) is 3.80. The van der Waals surface area contributed by atoms with Gasteiger partial charge in [0.2, 0.25) is 0 Å². The molecule has 2 atom stereocenters. The summed E-state index contributed by atoms with van der Waals surface area (Å²) in [5.41, 5.74) is 0.699. The minimum Gasteiger partial charge on any atom is -0.497 e. The molecule has 4 amide bonds. The van der Waals surface area contributed by atoms with Crippen molar-refractivity contribution in [3.05, 3.63) is 24.3 Å². The second-order valence-electron chi connectivity index (χ2n) is 4.06. The minimum absolute atomic E-state index is 0.248. The molecule has 18 heavy (non-hydrogen) atoms. The summed E-state index contributed by atoms with van der Waals surface area (Å²) in [5, 5.41) is 7.99. The molecule has 0 saturated carbocycles. The van der Waals surface area contributed by atoms with Gasteiger partial charge in [-0.3, -0.25) is 4.90 Å². The number of methoxy groups -OCH3 is 1. The van der Waals surface area contributed by atoms with Crippen LogP contribution in [0, 0.1) is 0 Å². The zero-order valence-electron chi connectivity index (χ0n) is 9.64. The van der Waals surface area contributed by atoms with E-state index < -0.39 is 12.3 Å². The number of benzene rings is 1. The highest BCUT2D eigenvalue weighted by Gasteiger charge is 2.46. The molecule has 2 aliphatic rings. The molecular formula is C11H12N4O3. The lowest BCUT2D eigenvalue weighted by Crippen LogP contribution is -2.43. The Labute approximate surface area is 103 Å². The van der Waals surface area contributed by atoms with Crippen LogP contribution in [0.3, 0.4) is 0 Å². The third kappa shape index (κ3) is 1.52. The molecule has 2 heterocycles. The molecule has 1 aromatic carbocycles. The molecule has 0 aliphatic carbocycles. The van der Waals surface area contributed by atoms with Crippen molar-refractivity contribution >= 4 is 17.7 Å². The lowest BCUT2D eigenvalue weighted by atomic mass is 10.2. The number of urea groups is 2. The SMILES string of the molecule is COc1ccc(N2C(=O)N[C@H]3NC(=O)N[C@H]32)cc1. The highest BCUT2D eigenvalue weighted by Crippen LogP contribution is 2.25. The Hall–Kier alpha value is -2.44. The Morgan fingerprint density at radius 3 is 2.50 bits per heavy atom. The lowest BCUT2D eigenvalue weighted by Gasteiger charge is -2.21. The van der Waals surface area contributed by atoms with Crippen LogP contribution in [0.15, 0.2) is 24.3 Å². The fraction of sp³-hybridized carbons (Fsp3) is 0.273. The van der Waals surface area contributed by atoms with E-state index in [4.69, 9.17) is 4.74 Å². The van der Waals surface area contributed by atoms with Crippen LogP contribution < -0.4 is 25.6 Å². The van der Waals surface area contributed by atoms with Crippen molar-refractivity contribution in [3.63, 3.8) is 0 Å². The van der Waals surface area contributed by atoms with Crippen LogP contribution in [-0.2, 0) is 0 Å². The number of amides is 4. The maximum absolute atomic E-state index is 11.8. The van der Waals surface area contributed by atoms with Gasteiger partial charge in [0.15, 0.2) is 6.17 Å². The molecule has 7 heteroatoms.